The summed E-state index contributed by atoms with van der Waals surface area (Å²) in [4.78, 5) is 4.64. The molecule has 0 aromatic rings. The van der Waals surface area contributed by atoms with Crippen LogP contribution in [0.3, 0.4) is 0 Å². The molecule has 10 atom stereocenters. The molecule has 0 heterocycles. The monoisotopic (exact) mass is 476 g/mol. The molecule has 0 aromatic heterocycles. The van der Waals surface area contributed by atoms with Crippen molar-refractivity contribution in [3.05, 3.63) is 12.2 Å². The van der Waals surface area contributed by atoms with Crippen molar-refractivity contribution in [3.63, 3.8) is 0 Å². The van der Waals surface area contributed by atoms with Crippen LogP contribution in [0.15, 0.2) is 12.2 Å². The largest absolute Gasteiger partial charge is 0.393 e. The van der Waals surface area contributed by atoms with E-state index >= 15 is 0 Å². The van der Waals surface area contributed by atoms with Crippen molar-refractivity contribution in [3.8, 4) is 0 Å². The van der Waals surface area contributed by atoms with E-state index in [0.29, 0.717) is 30.6 Å². The van der Waals surface area contributed by atoms with Gasteiger partial charge < -0.3 is 10.2 Å². The quantitative estimate of drug-likeness (QED) is 0.219. The molecular weight excluding hydrogens is 424 g/mol. The molecule has 4 saturated carbocycles. The summed E-state index contributed by atoms with van der Waals surface area (Å²) in [5.41, 5.74) is 0.822. The molecule has 0 aromatic carbocycles. The minimum absolute atomic E-state index is 0.0113. The smallest absolute Gasteiger partial charge is 0.113 e. The molecule has 34 heavy (non-hydrogen) atoms. The molecule has 4 fully saturated rings. The second-order valence-electron chi connectivity index (χ2n) is 14.5. The van der Waals surface area contributed by atoms with Crippen molar-refractivity contribution in [2.45, 2.75) is 130 Å². The highest BCUT2D eigenvalue weighted by atomic mass is 17.1. The molecule has 4 aliphatic rings. The summed E-state index contributed by atoms with van der Waals surface area (Å²) in [6.07, 6.45) is 9.87. The zero-order valence-electron chi connectivity index (χ0n) is 23.0. The predicted octanol–water partition coefficient (Wildman–Crippen LogP) is 7.00. The van der Waals surface area contributed by atoms with Gasteiger partial charge in [-0.2, -0.15) is 0 Å². The lowest BCUT2D eigenvalue weighted by atomic mass is 9.35. The highest BCUT2D eigenvalue weighted by Crippen LogP contribution is 2.75. The summed E-state index contributed by atoms with van der Waals surface area (Å²) >= 11 is 0. The molecule has 4 aliphatic carbocycles. The average Bonchev–Trinajstić information content (AvgIpc) is 3.10. The molecule has 0 aliphatic heterocycles. The number of aliphatic hydroxyl groups excluding tert-OH is 1. The molecule has 4 nitrogen and oxygen atoms in total. The molecule has 4 heteroatoms. The molecule has 0 saturated heterocycles. The Kier molecular flexibility index (Phi) is 6.71. The van der Waals surface area contributed by atoms with Gasteiger partial charge >= 0.3 is 0 Å². The van der Waals surface area contributed by atoms with Gasteiger partial charge in [-0.25, -0.2) is 4.89 Å². The number of aliphatic hydroxyl groups is 2. The van der Waals surface area contributed by atoms with Gasteiger partial charge in [-0.1, -0.05) is 41.2 Å². The Morgan fingerprint density at radius 2 is 1.62 bits per heavy atom. The first-order chi connectivity index (χ1) is 15.6. The standard InChI is InChI=1S/C30H52O4/c1-19(2)22(34-33)12-18-30(8,32)21-11-16-28(6)20(21)9-10-24-27(5)15-14-25(31)26(3,4)23(27)13-17-29(24,28)7/h20-25,31-33H,1,9-18H2,2-8H3/t20-,21+,22?,23+,24-,25+,27+,28-,29-,30+/m1/s1. The van der Waals surface area contributed by atoms with Gasteiger partial charge in [0.1, 0.15) is 6.10 Å². The van der Waals surface area contributed by atoms with Crippen LogP contribution < -0.4 is 0 Å². The number of fused-ring (bicyclic) bond motifs is 5. The molecule has 4 rings (SSSR count). The lowest BCUT2D eigenvalue weighted by Crippen LogP contribution is -2.64. The fourth-order valence-electron chi connectivity index (χ4n) is 10.5. The number of hydrogen-bond acceptors (Lipinski definition) is 4. The summed E-state index contributed by atoms with van der Waals surface area (Å²) < 4.78 is 0. The normalized spacial score (nSPS) is 48.2. The van der Waals surface area contributed by atoms with Crippen LogP contribution in [0.25, 0.3) is 0 Å². The van der Waals surface area contributed by atoms with Crippen molar-refractivity contribution in [1.82, 2.24) is 0 Å². The van der Waals surface area contributed by atoms with E-state index < -0.39 is 11.7 Å². The van der Waals surface area contributed by atoms with Gasteiger partial charge in [0.15, 0.2) is 0 Å². The van der Waals surface area contributed by atoms with E-state index in [0.717, 1.165) is 24.8 Å². The lowest BCUT2D eigenvalue weighted by molar-refractivity contribution is -0.271. The van der Waals surface area contributed by atoms with Gasteiger partial charge in [0.2, 0.25) is 0 Å². The maximum atomic E-state index is 11.7. The van der Waals surface area contributed by atoms with Crippen LogP contribution in [-0.4, -0.2) is 33.3 Å². The molecule has 1 unspecified atom stereocenters. The highest BCUT2D eigenvalue weighted by molar-refractivity contribution is 5.18. The van der Waals surface area contributed by atoms with E-state index in [1.54, 1.807) is 0 Å². The van der Waals surface area contributed by atoms with Crippen LogP contribution in [0.5, 0.6) is 0 Å². The van der Waals surface area contributed by atoms with Crippen molar-refractivity contribution in [1.29, 1.82) is 0 Å². The third kappa shape index (κ3) is 3.68. The minimum atomic E-state index is -0.768. The van der Waals surface area contributed by atoms with Crippen molar-refractivity contribution in [2.75, 3.05) is 0 Å². The topological polar surface area (TPSA) is 69.9 Å². The maximum absolute atomic E-state index is 11.7. The maximum Gasteiger partial charge on any atom is 0.113 e. The number of hydrogen-bond donors (Lipinski definition) is 3. The Bertz CT molecular complexity index is 789. The summed E-state index contributed by atoms with van der Waals surface area (Å²) in [5.74, 6) is 2.09. The fourth-order valence-corrected chi connectivity index (χ4v) is 10.5. The van der Waals surface area contributed by atoms with E-state index in [1.807, 2.05) is 13.8 Å². The van der Waals surface area contributed by atoms with Gasteiger partial charge in [-0.3, -0.25) is 5.26 Å². The van der Waals surface area contributed by atoms with E-state index in [-0.39, 0.29) is 33.7 Å². The molecule has 0 spiro atoms. The van der Waals surface area contributed by atoms with Gasteiger partial charge in [0.05, 0.1) is 11.7 Å². The second-order valence-corrected chi connectivity index (χ2v) is 14.5. The van der Waals surface area contributed by atoms with Crippen molar-refractivity contribution < 1.29 is 20.4 Å². The minimum Gasteiger partial charge on any atom is -0.393 e. The highest BCUT2D eigenvalue weighted by Gasteiger charge is 2.69. The van der Waals surface area contributed by atoms with Crippen molar-refractivity contribution >= 4 is 0 Å². The summed E-state index contributed by atoms with van der Waals surface area (Å²) in [5, 5.41) is 31.8. The average molecular weight is 477 g/mol. The molecule has 196 valence electrons. The van der Waals surface area contributed by atoms with E-state index in [9.17, 15) is 15.5 Å². The first-order valence-corrected chi connectivity index (χ1v) is 14.0. The van der Waals surface area contributed by atoms with Crippen LogP contribution in [0.4, 0.5) is 0 Å². The van der Waals surface area contributed by atoms with Gasteiger partial charge in [-0.05, 0) is 129 Å². The third-order valence-corrected chi connectivity index (χ3v) is 12.8. The summed E-state index contributed by atoms with van der Waals surface area (Å²) in [7, 11) is 0. The molecule has 0 radical (unpaired) electrons. The Hall–Kier alpha value is -0.420. The second kappa shape index (κ2) is 8.57. The van der Waals surface area contributed by atoms with Crippen molar-refractivity contribution in [2.24, 2.45) is 45.3 Å². The van der Waals surface area contributed by atoms with Crippen LogP contribution >= 0.6 is 0 Å². The van der Waals surface area contributed by atoms with Crippen LogP contribution in [-0.2, 0) is 4.89 Å². The van der Waals surface area contributed by atoms with Crippen LogP contribution in [0.1, 0.15) is 113 Å². The Morgan fingerprint density at radius 3 is 2.24 bits per heavy atom. The van der Waals surface area contributed by atoms with Crippen LogP contribution in [0.2, 0.25) is 0 Å². The Balaban J connectivity index is 1.58. The fraction of sp³-hybridized carbons (Fsp3) is 0.933. The Labute approximate surface area is 208 Å². The van der Waals surface area contributed by atoms with Crippen LogP contribution in [0, 0.1) is 45.3 Å². The van der Waals surface area contributed by atoms with Gasteiger partial charge in [-0.15, -0.1) is 0 Å². The summed E-state index contributed by atoms with van der Waals surface area (Å²) in [6, 6.07) is 0. The molecule has 0 bridgehead atoms. The van der Waals surface area contributed by atoms with E-state index in [1.165, 1.54) is 32.1 Å². The Morgan fingerprint density at radius 1 is 0.971 bits per heavy atom. The third-order valence-electron chi connectivity index (χ3n) is 12.8. The number of rotatable bonds is 6. The van der Waals surface area contributed by atoms with Gasteiger partial charge in [0.25, 0.3) is 0 Å². The van der Waals surface area contributed by atoms with E-state index in [4.69, 9.17) is 0 Å². The zero-order chi connectivity index (χ0) is 25.3. The summed E-state index contributed by atoms with van der Waals surface area (Å²) in [6.45, 7) is 20.2. The first-order valence-electron chi connectivity index (χ1n) is 14.0. The zero-order valence-corrected chi connectivity index (χ0v) is 23.0. The molecular formula is C30H52O4. The SMILES string of the molecule is C=C(C)C(CC[C@](C)(O)[C@H]1CC[C@]2(C)[C@@H]1CC[C@@H]1[C@@]3(C)CC[C@H](O)C(C)(C)[C@@H]3CC[C@]12C)OO. The molecule has 0 amide bonds. The van der Waals surface area contributed by atoms with E-state index in [2.05, 4.69) is 46.1 Å². The molecule has 3 N–H and O–H groups in total. The predicted molar refractivity (Wildman–Crippen MR) is 137 cm³/mol. The first kappa shape index (κ1) is 26.6. The lowest BCUT2D eigenvalue weighted by Gasteiger charge is -2.70. The van der Waals surface area contributed by atoms with Gasteiger partial charge in [0, 0.05) is 0 Å².